The number of aryl methyl sites for hydroxylation is 1. The molecule has 118 valence electrons. The number of benzene rings is 1. The van der Waals surface area contributed by atoms with E-state index in [2.05, 4.69) is 9.97 Å². The Morgan fingerprint density at radius 1 is 1.26 bits per heavy atom. The lowest BCUT2D eigenvalue weighted by Crippen LogP contribution is -2.16. The quantitative estimate of drug-likeness (QED) is 0.800. The van der Waals surface area contributed by atoms with Gasteiger partial charge in [0, 0.05) is 6.07 Å². The van der Waals surface area contributed by atoms with E-state index in [1.165, 1.54) is 6.07 Å². The fourth-order valence-corrected chi connectivity index (χ4v) is 2.42. The van der Waals surface area contributed by atoms with Crippen LogP contribution in [0.2, 0.25) is 0 Å². The van der Waals surface area contributed by atoms with Crippen LogP contribution in [0.25, 0.3) is 11.1 Å². The largest absolute Gasteiger partial charge is 0.457 e. The molecule has 1 N–H and O–H groups in total. The van der Waals surface area contributed by atoms with E-state index < -0.39 is 5.63 Å². The van der Waals surface area contributed by atoms with Crippen molar-refractivity contribution < 1.29 is 9.15 Å². The Hall–Kier alpha value is -2.89. The molecule has 0 aliphatic carbocycles. The van der Waals surface area contributed by atoms with Crippen molar-refractivity contribution in [2.45, 2.75) is 26.4 Å². The van der Waals surface area contributed by atoms with Crippen LogP contribution in [0.3, 0.4) is 0 Å². The number of aromatic amines is 1. The Labute approximate surface area is 131 Å². The fraction of sp³-hybridized carbons (Fsp3) is 0.235. The number of ether oxygens (including phenoxy) is 1. The SMILES string of the molecule is CCc1cc(=O)oc2nc(OC(C)c3ccccc3)[nH]c(=O)c12. The minimum atomic E-state index is -0.533. The van der Waals surface area contributed by atoms with Gasteiger partial charge in [-0.1, -0.05) is 37.3 Å². The molecule has 1 unspecified atom stereocenters. The highest BCUT2D eigenvalue weighted by Gasteiger charge is 2.14. The van der Waals surface area contributed by atoms with E-state index in [-0.39, 0.29) is 28.8 Å². The highest BCUT2D eigenvalue weighted by molar-refractivity contribution is 5.75. The summed E-state index contributed by atoms with van der Waals surface area (Å²) in [7, 11) is 0. The average molecular weight is 312 g/mol. The van der Waals surface area contributed by atoms with Crippen LogP contribution in [0.1, 0.15) is 31.1 Å². The Morgan fingerprint density at radius 3 is 2.70 bits per heavy atom. The van der Waals surface area contributed by atoms with Gasteiger partial charge in [0.15, 0.2) is 0 Å². The lowest BCUT2D eigenvalue weighted by Gasteiger charge is -2.13. The molecule has 0 saturated carbocycles. The van der Waals surface area contributed by atoms with Crippen LogP contribution < -0.4 is 15.9 Å². The first-order valence-electron chi connectivity index (χ1n) is 7.37. The molecule has 0 bridgehead atoms. The summed E-state index contributed by atoms with van der Waals surface area (Å²) in [4.78, 5) is 30.6. The first-order valence-corrected chi connectivity index (χ1v) is 7.37. The second kappa shape index (κ2) is 6.08. The number of nitrogens with one attached hydrogen (secondary N) is 1. The van der Waals surface area contributed by atoms with Crippen molar-refractivity contribution in [3.05, 3.63) is 68.3 Å². The maximum absolute atomic E-state index is 12.3. The molecule has 0 saturated heterocycles. The summed E-state index contributed by atoms with van der Waals surface area (Å²) in [5.41, 5.74) is 0.625. The maximum Gasteiger partial charge on any atom is 0.337 e. The molecule has 3 rings (SSSR count). The molecule has 0 spiro atoms. The van der Waals surface area contributed by atoms with Crippen LogP contribution >= 0.6 is 0 Å². The van der Waals surface area contributed by atoms with Crippen LogP contribution in [0.4, 0.5) is 0 Å². The lowest BCUT2D eigenvalue weighted by molar-refractivity contribution is 0.207. The summed E-state index contributed by atoms with van der Waals surface area (Å²) >= 11 is 0. The maximum atomic E-state index is 12.3. The zero-order valence-corrected chi connectivity index (χ0v) is 12.8. The average Bonchev–Trinajstić information content (AvgIpc) is 2.54. The molecule has 23 heavy (non-hydrogen) atoms. The van der Waals surface area contributed by atoms with E-state index in [1.54, 1.807) is 0 Å². The third-order valence-corrected chi connectivity index (χ3v) is 3.61. The highest BCUT2D eigenvalue weighted by Crippen LogP contribution is 2.19. The van der Waals surface area contributed by atoms with Gasteiger partial charge in [-0.2, -0.15) is 4.98 Å². The smallest absolute Gasteiger partial charge is 0.337 e. The Morgan fingerprint density at radius 2 is 2.00 bits per heavy atom. The first kappa shape index (κ1) is 15.0. The second-order valence-corrected chi connectivity index (χ2v) is 5.17. The molecule has 0 aliphatic heterocycles. The second-order valence-electron chi connectivity index (χ2n) is 5.17. The van der Waals surface area contributed by atoms with Gasteiger partial charge in [0.1, 0.15) is 11.5 Å². The van der Waals surface area contributed by atoms with E-state index in [9.17, 15) is 9.59 Å². The molecule has 0 amide bonds. The van der Waals surface area contributed by atoms with E-state index in [1.807, 2.05) is 44.2 Å². The van der Waals surface area contributed by atoms with Crippen molar-refractivity contribution in [1.82, 2.24) is 9.97 Å². The van der Waals surface area contributed by atoms with Crippen LogP contribution in [-0.2, 0) is 6.42 Å². The summed E-state index contributed by atoms with van der Waals surface area (Å²) in [6.07, 6.45) is 0.228. The van der Waals surface area contributed by atoms with Gasteiger partial charge in [-0.25, -0.2) is 4.79 Å². The summed E-state index contributed by atoms with van der Waals surface area (Å²) < 4.78 is 10.7. The molecular weight excluding hydrogens is 296 g/mol. The van der Waals surface area contributed by atoms with Crippen molar-refractivity contribution in [2.75, 3.05) is 0 Å². The predicted octanol–water partition coefficient (Wildman–Crippen LogP) is 2.58. The van der Waals surface area contributed by atoms with Crippen molar-refractivity contribution in [3.63, 3.8) is 0 Å². The van der Waals surface area contributed by atoms with E-state index in [0.29, 0.717) is 12.0 Å². The third-order valence-electron chi connectivity index (χ3n) is 3.61. The number of H-pyrrole nitrogens is 1. The minimum absolute atomic E-state index is 0.00615. The molecule has 6 heteroatoms. The molecule has 1 aromatic carbocycles. The van der Waals surface area contributed by atoms with Crippen LogP contribution in [0.5, 0.6) is 6.01 Å². The van der Waals surface area contributed by atoms with E-state index in [4.69, 9.17) is 9.15 Å². The van der Waals surface area contributed by atoms with Gasteiger partial charge in [0.05, 0.1) is 0 Å². The predicted molar refractivity (Wildman–Crippen MR) is 85.8 cm³/mol. The van der Waals surface area contributed by atoms with Crippen molar-refractivity contribution in [2.24, 2.45) is 0 Å². The van der Waals surface area contributed by atoms with Crippen LogP contribution in [0.15, 0.2) is 50.4 Å². The summed E-state index contributed by atoms with van der Waals surface area (Å²) in [5, 5.41) is 0.284. The van der Waals surface area contributed by atoms with E-state index in [0.717, 1.165) is 5.56 Å². The van der Waals surface area contributed by atoms with Gasteiger partial charge in [-0.15, -0.1) is 0 Å². The number of nitrogens with zero attached hydrogens (tertiary/aromatic N) is 1. The van der Waals surface area contributed by atoms with Crippen molar-refractivity contribution >= 4 is 11.1 Å². The van der Waals surface area contributed by atoms with Crippen molar-refractivity contribution in [3.8, 4) is 6.01 Å². The molecule has 1 atom stereocenters. The molecule has 2 heterocycles. The molecule has 6 nitrogen and oxygen atoms in total. The topological polar surface area (TPSA) is 85.2 Å². The van der Waals surface area contributed by atoms with Gasteiger partial charge >= 0.3 is 5.63 Å². The molecule has 0 aliphatic rings. The summed E-state index contributed by atoms with van der Waals surface area (Å²) in [6.45, 7) is 3.70. The normalized spacial score (nSPS) is 12.3. The summed E-state index contributed by atoms with van der Waals surface area (Å²) in [6, 6.07) is 10.9. The van der Waals surface area contributed by atoms with Gasteiger partial charge in [-0.3, -0.25) is 9.78 Å². The van der Waals surface area contributed by atoms with Gasteiger partial charge in [-0.05, 0) is 24.5 Å². The van der Waals surface area contributed by atoms with E-state index >= 15 is 0 Å². The summed E-state index contributed by atoms with van der Waals surface area (Å²) in [5.74, 6) is 0. The Bertz CT molecular complexity index is 944. The van der Waals surface area contributed by atoms with Gasteiger partial charge < -0.3 is 9.15 Å². The Balaban J connectivity index is 2.03. The van der Waals surface area contributed by atoms with Gasteiger partial charge in [0.25, 0.3) is 11.6 Å². The molecule has 0 radical (unpaired) electrons. The Kier molecular flexibility index (Phi) is 3.97. The van der Waals surface area contributed by atoms with Crippen LogP contribution in [-0.4, -0.2) is 9.97 Å². The standard InChI is InChI=1S/C17H16N2O4/c1-3-11-9-13(20)23-16-14(11)15(21)18-17(19-16)22-10(2)12-7-5-4-6-8-12/h4-10H,3H2,1-2H3,(H,18,19,21). The monoisotopic (exact) mass is 312 g/mol. The number of hydrogen-bond donors (Lipinski definition) is 1. The van der Waals surface area contributed by atoms with Crippen LogP contribution in [0, 0.1) is 0 Å². The van der Waals surface area contributed by atoms with Gasteiger partial charge in [0.2, 0.25) is 5.71 Å². The zero-order chi connectivity index (χ0) is 16.4. The zero-order valence-electron chi connectivity index (χ0n) is 12.8. The number of rotatable bonds is 4. The number of aromatic nitrogens is 2. The lowest BCUT2D eigenvalue weighted by atomic mass is 10.1. The highest BCUT2D eigenvalue weighted by atomic mass is 16.5. The number of fused-ring (bicyclic) bond motifs is 1. The fourth-order valence-electron chi connectivity index (χ4n) is 2.42. The first-order chi connectivity index (χ1) is 11.1. The van der Waals surface area contributed by atoms with Crippen molar-refractivity contribution in [1.29, 1.82) is 0 Å². The number of hydrogen-bond acceptors (Lipinski definition) is 5. The molecule has 2 aromatic heterocycles. The third kappa shape index (κ3) is 3.01. The minimum Gasteiger partial charge on any atom is -0.457 e. The molecule has 3 aromatic rings. The molecular formula is C17H16N2O4. The molecule has 0 fully saturated rings.